The molecule has 0 amide bonds. The van der Waals surface area contributed by atoms with Gasteiger partial charge in [-0.25, -0.2) is 23.1 Å². The molecule has 0 fully saturated rings. The van der Waals surface area contributed by atoms with Crippen LogP contribution in [0.25, 0.3) is 5.65 Å². The minimum Gasteiger partial charge on any atom is -0.505 e. The number of benzene rings is 1. The van der Waals surface area contributed by atoms with Crippen LogP contribution in [0.1, 0.15) is 36.7 Å². The average molecular weight is 390 g/mol. The second-order valence-electron chi connectivity index (χ2n) is 6.45. The molecule has 0 aliphatic heterocycles. The number of carbonyl (C=O) groups excluding carboxylic acids is 1. The maximum atomic E-state index is 13.7. The molecule has 28 heavy (non-hydrogen) atoms. The molecule has 0 aliphatic carbocycles. The molecule has 0 saturated carbocycles. The topological polar surface area (TPSA) is 80.0 Å². The van der Waals surface area contributed by atoms with Crippen LogP contribution in [0.5, 0.6) is 5.75 Å². The van der Waals surface area contributed by atoms with E-state index in [1.165, 1.54) is 10.7 Å². The number of halogens is 2. The average Bonchev–Trinajstić information content (AvgIpc) is 3.06. The van der Waals surface area contributed by atoms with Crippen LogP contribution < -0.4 is 4.90 Å². The Morgan fingerprint density at radius 2 is 2.11 bits per heavy atom. The number of phenols is 1. The Hall–Kier alpha value is -3.23. The van der Waals surface area contributed by atoms with Gasteiger partial charge in [-0.05, 0) is 32.9 Å². The first-order valence-electron chi connectivity index (χ1n) is 8.76. The Bertz CT molecular complexity index is 1020. The summed E-state index contributed by atoms with van der Waals surface area (Å²) in [6.45, 7) is 5.69. The summed E-state index contributed by atoms with van der Waals surface area (Å²) in [7, 11) is 0. The zero-order valence-electron chi connectivity index (χ0n) is 15.7. The molecule has 0 unspecified atom stereocenters. The van der Waals surface area contributed by atoms with Crippen LogP contribution in [0.3, 0.4) is 0 Å². The predicted octanol–water partition coefficient (Wildman–Crippen LogP) is 3.30. The maximum absolute atomic E-state index is 13.7. The van der Waals surface area contributed by atoms with E-state index in [1.54, 1.807) is 24.1 Å². The highest BCUT2D eigenvalue weighted by Gasteiger charge is 2.20. The van der Waals surface area contributed by atoms with Gasteiger partial charge in [0.05, 0.1) is 12.8 Å². The second kappa shape index (κ2) is 7.79. The van der Waals surface area contributed by atoms with E-state index in [1.807, 2.05) is 13.8 Å². The number of rotatable bonds is 6. The van der Waals surface area contributed by atoms with Gasteiger partial charge in [0.15, 0.2) is 17.2 Å². The van der Waals surface area contributed by atoms with Gasteiger partial charge in [0, 0.05) is 30.4 Å². The van der Waals surface area contributed by atoms with Crippen molar-refractivity contribution >= 4 is 17.4 Å². The van der Waals surface area contributed by atoms with E-state index in [4.69, 9.17) is 4.74 Å². The largest absolute Gasteiger partial charge is 0.505 e. The Kier molecular flexibility index (Phi) is 5.43. The van der Waals surface area contributed by atoms with Gasteiger partial charge in [-0.1, -0.05) is 0 Å². The number of aromatic hydroxyl groups is 1. The van der Waals surface area contributed by atoms with Crippen LogP contribution in [0.2, 0.25) is 0 Å². The number of hydrogen-bond donors (Lipinski definition) is 1. The first-order chi connectivity index (χ1) is 13.3. The normalized spacial score (nSPS) is 11.2. The van der Waals surface area contributed by atoms with Crippen molar-refractivity contribution in [2.75, 3.05) is 11.5 Å². The minimum absolute atomic E-state index is 0.0181. The Balaban J connectivity index is 2.02. The summed E-state index contributed by atoms with van der Waals surface area (Å²) < 4.78 is 33.7. The molecule has 2 aromatic heterocycles. The Morgan fingerprint density at radius 3 is 2.79 bits per heavy atom. The molecule has 0 saturated heterocycles. The number of aromatic nitrogens is 3. The van der Waals surface area contributed by atoms with Gasteiger partial charge >= 0.3 is 5.97 Å². The number of esters is 1. The van der Waals surface area contributed by atoms with Gasteiger partial charge in [-0.2, -0.15) is 5.10 Å². The fourth-order valence-electron chi connectivity index (χ4n) is 2.82. The van der Waals surface area contributed by atoms with Crippen LogP contribution >= 0.6 is 0 Å². The van der Waals surface area contributed by atoms with Crippen LogP contribution in [0.4, 0.5) is 14.6 Å². The van der Waals surface area contributed by atoms with Crippen molar-refractivity contribution in [3.63, 3.8) is 0 Å². The number of ether oxygens (including phenoxy) is 1. The van der Waals surface area contributed by atoms with Crippen LogP contribution in [0.15, 0.2) is 30.6 Å². The molecule has 1 aromatic carbocycles. The number of carbonyl (C=O) groups is 1. The Morgan fingerprint density at radius 1 is 1.36 bits per heavy atom. The summed E-state index contributed by atoms with van der Waals surface area (Å²) in [6, 6.07) is 3.26. The molecule has 0 atom stereocenters. The summed E-state index contributed by atoms with van der Waals surface area (Å²) in [4.78, 5) is 18.3. The molecule has 0 radical (unpaired) electrons. The molecule has 1 N–H and O–H groups in total. The molecular weight excluding hydrogens is 370 g/mol. The molecule has 0 bridgehead atoms. The maximum Gasteiger partial charge on any atom is 0.343 e. The van der Waals surface area contributed by atoms with Gasteiger partial charge in [0.1, 0.15) is 17.2 Å². The molecule has 3 rings (SSSR count). The van der Waals surface area contributed by atoms with E-state index in [0.717, 1.165) is 6.07 Å². The monoisotopic (exact) mass is 390 g/mol. The number of anilines is 1. The van der Waals surface area contributed by atoms with Crippen molar-refractivity contribution in [2.45, 2.75) is 33.4 Å². The van der Waals surface area contributed by atoms with Crippen LogP contribution in [0, 0.1) is 11.6 Å². The van der Waals surface area contributed by atoms with Gasteiger partial charge in [0.25, 0.3) is 0 Å². The van der Waals surface area contributed by atoms with E-state index < -0.39 is 23.4 Å². The zero-order chi connectivity index (χ0) is 20.4. The predicted molar refractivity (Wildman–Crippen MR) is 98.3 cm³/mol. The molecule has 3 aromatic rings. The summed E-state index contributed by atoms with van der Waals surface area (Å²) in [5, 5.41) is 14.0. The SMILES string of the molecule is CCOC(=O)c1cnn2ccc(N(Cc3cc(F)cc(F)c3O)C(C)C)nc12. The van der Waals surface area contributed by atoms with E-state index in [-0.39, 0.29) is 30.3 Å². The first kappa shape index (κ1) is 19.5. The second-order valence-corrected chi connectivity index (χ2v) is 6.45. The molecule has 148 valence electrons. The molecule has 9 heteroatoms. The van der Waals surface area contributed by atoms with Crippen molar-refractivity contribution in [2.24, 2.45) is 0 Å². The van der Waals surface area contributed by atoms with Gasteiger partial charge in [-0.3, -0.25) is 0 Å². The van der Waals surface area contributed by atoms with Crippen molar-refractivity contribution in [3.8, 4) is 5.75 Å². The lowest BCUT2D eigenvalue weighted by Gasteiger charge is -2.28. The van der Waals surface area contributed by atoms with Crippen molar-refractivity contribution in [1.82, 2.24) is 14.6 Å². The number of fused-ring (bicyclic) bond motifs is 1. The highest BCUT2D eigenvalue weighted by Crippen LogP contribution is 2.27. The standard InChI is InChI=1S/C19H20F2N4O3/c1-4-28-19(27)14-9-22-25-6-5-16(23-18(14)25)24(11(2)3)10-12-7-13(20)8-15(21)17(12)26/h5-9,11,26H,4,10H2,1-3H3. The van der Waals surface area contributed by atoms with Crippen molar-refractivity contribution in [1.29, 1.82) is 0 Å². The van der Waals surface area contributed by atoms with Gasteiger partial charge < -0.3 is 14.7 Å². The third kappa shape index (κ3) is 3.73. The summed E-state index contributed by atoms with van der Waals surface area (Å²) in [5.74, 6) is -2.49. The van der Waals surface area contributed by atoms with Crippen molar-refractivity contribution < 1.29 is 23.4 Å². The summed E-state index contributed by atoms with van der Waals surface area (Å²) in [5.41, 5.74) is 0.607. The van der Waals surface area contributed by atoms with E-state index >= 15 is 0 Å². The third-order valence-electron chi connectivity index (χ3n) is 4.22. The minimum atomic E-state index is -1.03. The third-order valence-corrected chi connectivity index (χ3v) is 4.22. The smallest absolute Gasteiger partial charge is 0.343 e. The number of phenolic OH excluding ortho intramolecular Hbond substituents is 1. The number of hydrogen-bond acceptors (Lipinski definition) is 6. The molecule has 7 nitrogen and oxygen atoms in total. The van der Waals surface area contributed by atoms with Crippen LogP contribution in [-0.4, -0.2) is 38.3 Å². The lowest BCUT2D eigenvalue weighted by Crippen LogP contribution is -2.31. The summed E-state index contributed by atoms with van der Waals surface area (Å²) >= 11 is 0. The zero-order valence-corrected chi connectivity index (χ0v) is 15.7. The van der Waals surface area contributed by atoms with E-state index in [0.29, 0.717) is 17.5 Å². The highest BCUT2D eigenvalue weighted by molar-refractivity contribution is 5.95. The molecular formula is C19H20F2N4O3. The molecule has 0 aliphatic rings. The lowest BCUT2D eigenvalue weighted by molar-refractivity contribution is 0.0528. The first-order valence-corrected chi connectivity index (χ1v) is 8.76. The molecule has 0 spiro atoms. The fraction of sp³-hybridized carbons (Fsp3) is 0.316. The van der Waals surface area contributed by atoms with Crippen molar-refractivity contribution in [3.05, 3.63) is 53.4 Å². The quantitative estimate of drug-likeness (QED) is 0.651. The fourth-order valence-corrected chi connectivity index (χ4v) is 2.82. The van der Waals surface area contributed by atoms with E-state index in [9.17, 15) is 18.7 Å². The Labute approximate surface area is 160 Å². The molecule has 2 heterocycles. The van der Waals surface area contributed by atoms with Gasteiger partial charge in [0.2, 0.25) is 0 Å². The van der Waals surface area contributed by atoms with E-state index in [2.05, 4.69) is 10.1 Å². The van der Waals surface area contributed by atoms with Gasteiger partial charge in [-0.15, -0.1) is 0 Å². The number of nitrogens with zero attached hydrogens (tertiary/aromatic N) is 4. The highest BCUT2D eigenvalue weighted by atomic mass is 19.1. The lowest BCUT2D eigenvalue weighted by atomic mass is 10.1. The summed E-state index contributed by atoms with van der Waals surface area (Å²) in [6.07, 6.45) is 3.00. The van der Waals surface area contributed by atoms with Crippen LogP contribution in [-0.2, 0) is 11.3 Å².